The highest BCUT2D eigenvalue weighted by Gasteiger charge is 2.32. The molecule has 0 aliphatic carbocycles. The average molecular weight is 926 g/mol. The Labute approximate surface area is 371 Å². The number of ether oxygens (including phenoxy) is 2. The molecule has 0 saturated carbocycles. The van der Waals surface area contributed by atoms with Gasteiger partial charge in [0, 0.05) is 75.2 Å². The van der Waals surface area contributed by atoms with Gasteiger partial charge in [0.15, 0.2) is 11.6 Å². The number of halogens is 2. The average Bonchev–Trinajstić information content (AvgIpc) is 3.95. The van der Waals surface area contributed by atoms with Crippen molar-refractivity contribution in [2.24, 2.45) is 0 Å². The molecule has 4 heterocycles. The standard InChI is InChI=1S/2C21H23ClN4O4S/c2*1-2-29-18-6-8-19(9-7-18)31(27,28)26-12-10-25(11-13-26)21-23-20(24-30-21)15-16-4-3-5-17(22)14-16/h2*3-9,14H,2,10-13,15H2,1H3. The van der Waals surface area contributed by atoms with Gasteiger partial charge in [0.05, 0.1) is 23.0 Å². The molecule has 2 saturated heterocycles. The molecular formula is C42H46Cl2N8O8S2. The zero-order chi connectivity index (χ0) is 43.7. The summed E-state index contributed by atoms with van der Waals surface area (Å²) < 4.78 is 76.3. The van der Waals surface area contributed by atoms with Crippen molar-refractivity contribution >= 4 is 55.3 Å². The van der Waals surface area contributed by atoms with Crippen molar-refractivity contribution in [2.45, 2.75) is 36.5 Å². The van der Waals surface area contributed by atoms with Crippen molar-refractivity contribution in [2.75, 3.05) is 75.4 Å². The summed E-state index contributed by atoms with van der Waals surface area (Å²) in [5.41, 5.74) is 1.98. The van der Waals surface area contributed by atoms with Crippen LogP contribution in [0.4, 0.5) is 12.0 Å². The Morgan fingerprint density at radius 1 is 0.548 bits per heavy atom. The molecule has 2 fully saturated rings. The van der Waals surface area contributed by atoms with E-state index in [1.807, 2.05) is 72.2 Å². The van der Waals surface area contributed by atoms with E-state index in [1.165, 1.54) is 8.61 Å². The first-order chi connectivity index (χ1) is 29.9. The van der Waals surface area contributed by atoms with Gasteiger partial charge >= 0.3 is 12.0 Å². The number of anilines is 2. The monoisotopic (exact) mass is 924 g/mol. The zero-order valence-corrected chi connectivity index (χ0v) is 37.3. The molecule has 4 aromatic carbocycles. The van der Waals surface area contributed by atoms with Gasteiger partial charge in [-0.25, -0.2) is 16.8 Å². The third-order valence-electron chi connectivity index (χ3n) is 9.98. The molecule has 6 aromatic rings. The summed E-state index contributed by atoms with van der Waals surface area (Å²) in [7, 11) is -7.13. The van der Waals surface area contributed by atoms with E-state index >= 15 is 0 Å². The van der Waals surface area contributed by atoms with Crippen molar-refractivity contribution in [1.29, 1.82) is 0 Å². The van der Waals surface area contributed by atoms with Gasteiger partial charge in [0.1, 0.15) is 11.5 Å². The fourth-order valence-corrected chi connectivity index (χ4v) is 10.1. The lowest BCUT2D eigenvalue weighted by Gasteiger charge is -2.32. The van der Waals surface area contributed by atoms with E-state index in [0.717, 1.165) is 11.1 Å². The summed E-state index contributed by atoms with van der Waals surface area (Å²) >= 11 is 12.0. The van der Waals surface area contributed by atoms with Crippen LogP contribution in [-0.4, -0.2) is 111 Å². The van der Waals surface area contributed by atoms with E-state index in [1.54, 1.807) is 48.5 Å². The van der Waals surface area contributed by atoms with Gasteiger partial charge in [-0.05, 0) is 97.8 Å². The minimum atomic E-state index is -3.57. The van der Waals surface area contributed by atoms with Gasteiger partial charge in [-0.1, -0.05) is 57.8 Å². The van der Waals surface area contributed by atoms with E-state index in [2.05, 4.69) is 20.3 Å². The molecule has 62 heavy (non-hydrogen) atoms. The van der Waals surface area contributed by atoms with Crippen molar-refractivity contribution in [1.82, 2.24) is 28.9 Å². The Bertz CT molecular complexity index is 2430. The second-order valence-electron chi connectivity index (χ2n) is 14.2. The Hall–Kier alpha value is -5.24. The van der Waals surface area contributed by atoms with Crippen LogP contribution in [0, 0.1) is 0 Å². The van der Waals surface area contributed by atoms with Crippen LogP contribution >= 0.6 is 23.2 Å². The lowest BCUT2D eigenvalue weighted by atomic mass is 10.1. The molecule has 0 spiro atoms. The normalized spacial score (nSPS) is 15.2. The van der Waals surface area contributed by atoms with E-state index in [-0.39, 0.29) is 9.79 Å². The molecule has 328 valence electrons. The molecule has 0 N–H and O–H groups in total. The third kappa shape index (κ3) is 11.2. The third-order valence-corrected chi connectivity index (χ3v) is 14.3. The number of benzene rings is 4. The number of hydrogen-bond acceptors (Lipinski definition) is 14. The van der Waals surface area contributed by atoms with Crippen LogP contribution in [0.15, 0.2) is 116 Å². The molecule has 0 bridgehead atoms. The van der Waals surface area contributed by atoms with E-state index in [0.29, 0.717) is 124 Å². The summed E-state index contributed by atoms with van der Waals surface area (Å²) in [6.07, 6.45) is 1.02. The molecule has 2 aliphatic heterocycles. The molecule has 2 aromatic heterocycles. The Kier molecular flexibility index (Phi) is 14.7. The predicted octanol–water partition coefficient (Wildman–Crippen LogP) is 6.45. The summed E-state index contributed by atoms with van der Waals surface area (Å²) in [5.74, 6) is 2.41. The maximum Gasteiger partial charge on any atom is 0.324 e. The smallest absolute Gasteiger partial charge is 0.324 e. The zero-order valence-electron chi connectivity index (χ0n) is 34.1. The topological polar surface area (TPSA) is 178 Å². The lowest BCUT2D eigenvalue weighted by molar-refractivity contribution is 0.339. The van der Waals surface area contributed by atoms with Gasteiger partial charge in [-0.2, -0.15) is 18.6 Å². The van der Waals surface area contributed by atoms with Crippen LogP contribution < -0.4 is 19.3 Å². The van der Waals surface area contributed by atoms with Crippen LogP contribution in [-0.2, 0) is 32.9 Å². The summed E-state index contributed by atoms with van der Waals surface area (Å²) in [6, 6.07) is 28.8. The number of aromatic nitrogens is 4. The number of piperazine rings is 2. The first-order valence-corrected chi connectivity index (χ1v) is 23.6. The van der Waals surface area contributed by atoms with Gasteiger partial charge in [0.25, 0.3) is 0 Å². The Morgan fingerprint density at radius 2 is 0.919 bits per heavy atom. The second-order valence-corrected chi connectivity index (χ2v) is 18.9. The molecule has 16 nitrogen and oxygen atoms in total. The lowest BCUT2D eigenvalue weighted by Crippen LogP contribution is -2.48. The molecule has 0 atom stereocenters. The van der Waals surface area contributed by atoms with Gasteiger partial charge in [0.2, 0.25) is 20.0 Å². The van der Waals surface area contributed by atoms with Crippen LogP contribution in [0.1, 0.15) is 36.6 Å². The van der Waals surface area contributed by atoms with E-state index in [9.17, 15) is 16.8 Å². The Balaban J connectivity index is 0.000000186. The van der Waals surface area contributed by atoms with E-state index < -0.39 is 20.0 Å². The number of rotatable bonds is 14. The summed E-state index contributed by atoms with van der Waals surface area (Å²) in [6.45, 7) is 8.04. The molecular weight excluding hydrogens is 880 g/mol. The summed E-state index contributed by atoms with van der Waals surface area (Å²) in [4.78, 5) is 13.2. The largest absolute Gasteiger partial charge is 0.494 e. The Morgan fingerprint density at radius 3 is 1.26 bits per heavy atom. The van der Waals surface area contributed by atoms with Crippen molar-refractivity contribution in [3.05, 3.63) is 130 Å². The van der Waals surface area contributed by atoms with Crippen molar-refractivity contribution in [3.63, 3.8) is 0 Å². The van der Waals surface area contributed by atoms with Crippen LogP contribution in [0.25, 0.3) is 0 Å². The maximum absolute atomic E-state index is 12.9. The highest BCUT2D eigenvalue weighted by atomic mass is 35.5. The van der Waals surface area contributed by atoms with Crippen LogP contribution in [0.5, 0.6) is 11.5 Å². The maximum atomic E-state index is 12.9. The fourth-order valence-electron chi connectivity index (χ4n) is 6.84. The van der Waals surface area contributed by atoms with Crippen LogP contribution in [0.3, 0.4) is 0 Å². The SMILES string of the molecule is CCOc1ccc(S(=O)(=O)N2CCN(c3nc(Cc4cccc(Cl)c4)no3)CC2)cc1.CCOc1ccc(S(=O)(=O)N2CCN(c3nc(Cc4cccc(Cl)c4)no3)CC2)cc1. The minimum Gasteiger partial charge on any atom is -0.494 e. The molecule has 8 rings (SSSR count). The highest BCUT2D eigenvalue weighted by molar-refractivity contribution is 7.89. The quantitative estimate of drug-likeness (QED) is 0.117. The predicted molar refractivity (Wildman–Crippen MR) is 234 cm³/mol. The second kappa shape index (κ2) is 20.3. The number of hydrogen-bond donors (Lipinski definition) is 0. The number of sulfonamides is 2. The first kappa shape index (κ1) is 44.8. The van der Waals surface area contributed by atoms with E-state index in [4.69, 9.17) is 41.7 Å². The molecule has 0 unspecified atom stereocenters. The summed E-state index contributed by atoms with van der Waals surface area (Å²) in [5, 5.41) is 9.40. The fraction of sp³-hybridized carbons (Fsp3) is 0.333. The molecule has 20 heteroatoms. The van der Waals surface area contributed by atoms with Crippen molar-refractivity contribution < 1.29 is 35.4 Å². The minimum absolute atomic E-state index is 0.256. The molecule has 2 aliphatic rings. The highest BCUT2D eigenvalue weighted by Crippen LogP contribution is 2.25. The number of nitrogens with zero attached hydrogens (tertiary/aromatic N) is 8. The van der Waals surface area contributed by atoms with Gasteiger partial charge < -0.3 is 28.3 Å². The molecule has 0 radical (unpaired) electrons. The first-order valence-electron chi connectivity index (χ1n) is 20.0. The van der Waals surface area contributed by atoms with Gasteiger partial charge in [-0.3, -0.25) is 0 Å². The van der Waals surface area contributed by atoms with Crippen molar-refractivity contribution in [3.8, 4) is 11.5 Å². The molecule has 0 amide bonds. The van der Waals surface area contributed by atoms with Crippen LogP contribution in [0.2, 0.25) is 10.0 Å². The van der Waals surface area contributed by atoms with Gasteiger partial charge in [-0.15, -0.1) is 0 Å².